The van der Waals surface area contributed by atoms with Gasteiger partial charge in [-0.3, -0.25) is 15.1 Å². The Balaban J connectivity index is 2.30. The summed E-state index contributed by atoms with van der Waals surface area (Å²) < 4.78 is 0. The summed E-state index contributed by atoms with van der Waals surface area (Å²) in [6.45, 7) is 4.04. The molecule has 0 aliphatic heterocycles. The minimum Gasteiger partial charge on any atom is -0.258 e. The number of rotatable bonds is 3. The normalized spacial score (nSPS) is 10.8. The molecule has 2 aromatic rings. The first-order valence-electron chi connectivity index (χ1n) is 5.92. The van der Waals surface area contributed by atoms with Gasteiger partial charge in [0, 0.05) is 18.3 Å². The minimum atomic E-state index is -0.407. The minimum absolute atomic E-state index is 0.0740. The summed E-state index contributed by atoms with van der Waals surface area (Å²) in [5.74, 6) is 0. The highest BCUT2D eigenvalue weighted by molar-refractivity contribution is 5.83. The molecule has 2 aromatic carbocycles. The highest BCUT2D eigenvalue weighted by Crippen LogP contribution is 2.21. The van der Waals surface area contributed by atoms with Crippen molar-refractivity contribution in [2.24, 2.45) is 4.99 Å². The number of hydrogen-bond donors (Lipinski definition) is 0. The maximum absolute atomic E-state index is 10.7. The standard InChI is InChI=1S/C15H14N2O2/c1-11-5-3-8-15(12(11)2)16-10-13-6-4-7-14(9-13)17(18)19/h3-10H,1-2H3. The lowest BCUT2D eigenvalue weighted by atomic mass is 10.1. The lowest BCUT2D eigenvalue weighted by Gasteiger charge is -2.02. The summed E-state index contributed by atoms with van der Waals surface area (Å²) in [7, 11) is 0. The summed E-state index contributed by atoms with van der Waals surface area (Å²) in [5.41, 5.74) is 3.96. The van der Waals surface area contributed by atoms with Crippen LogP contribution in [0.25, 0.3) is 0 Å². The van der Waals surface area contributed by atoms with Crippen LogP contribution in [0.3, 0.4) is 0 Å². The van der Waals surface area contributed by atoms with E-state index < -0.39 is 4.92 Å². The molecule has 4 nitrogen and oxygen atoms in total. The van der Waals surface area contributed by atoms with Gasteiger partial charge in [-0.05, 0) is 36.6 Å². The Bertz CT molecular complexity index is 648. The molecule has 0 spiro atoms. The van der Waals surface area contributed by atoms with Gasteiger partial charge in [-0.15, -0.1) is 0 Å². The average molecular weight is 254 g/mol. The third kappa shape index (κ3) is 3.04. The van der Waals surface area contributed by atoms with Crippen LogP contribution >= 0.6 is 0 Å². The van der Waals surface area contributed by atoms with Gasteiger partial charge in [-0.25, -0.2) is 0 Å². The first kappa shape index (κ1) is 13.0. The molecule has 0 aliphatic carbocycles. The van der Waals surface area contributed by atoms with E-state index in [2.05, 4.69) is 4.99 Å². The number of aliphatic imine (C=N–C) groups is 1. The van der Waals surface area contributed by atoms with E-state index in [1.165, 1.54) is 17.7 Å². The molecule has 0 radical (unpaired) electrons. The zero-order chi connectivity index (χ0) is 13.8. The number of benzene rings is 2. The molecule has 4 heteroatoms. The number of nitrogens with zero attached hydrogens (tertiary/aromatic N) is 2. The van der Waals surface area contributed by atoms with Gasteiger partial charge in [0.25, 0.3) is 5.69 Å². The lowest BCUT2D eigenvalue weighted by Crippen LogP contribution is -1.89. The van der Waals surface area contributed by atoms with Crippen molar-refractivity contribution in [3.05, 3.63) is 69.3 Å². The van der Waals surface area contributed by atoms with Crippen molar-refractivity contribution in [1.29, 1.82) is 0 Å². The first-order chi connectivity index (χ1) is 9.08. The van der Waals surface area contributed by atoms with Gasteiger partial charge in [-0.2, -0.15) is 0 Å². The lowest BCUT2D eigenvalue weighted by molar-refractivity contribution is -0.384. The molecule has 96 valence electrons. The summed E-state index contributed by atoms with van der Waals surface area (Å²) in [6, 6.07) is 12.3. The van der Waals surface area contributed by atoms with Crippen molar-refractivity contribution in [2.45, 2.75) is 13.8 Å². The van der Waals surface area contributed by atoms with Crippen molar-refractivity contribution in [1.82, 2.24) is 0 Å². The predicted octanol–water partition coefficient (Wildman–Crippen LogP) is 3.96. The van der Waals surface area contributed by atoms with E-state index in [0.29, 0.717) is 0 Å². The van der Waals surface area contributed by atoms with Gasteiger partial charge in [0.1, 0.15) is 0 Å². The van der Waals surface area contributed by atoms with Gasteiger partial charge in [-0.1, -0.05) is 24.3 Å². The molecule has 0 N–H and O–H groups in total. The third-order valence-electron chi connectivity index (χ3n) is 3.01. The van der Waals surface area contributed by atoms with Crippen LogP contribution < -0.4 is 0 Å². The number of aryl methyl sites for hydroxylation is 1. The van der Waals surface area contributed by atoms with Gasteiger partial charge >= 0.3 is 0 Å². The number of nitro groups is 1. The molecule has 0 aliphatic rings. The maximum Gasteiger partial charge on any atom is 0.270 e. The quantitative estimate of drug-likeness (QED) is 0.473. The predicted molar refractivity (Wildman–Crippen MR) is 76.3 cm³/mol. The third-order valence-corrected chi connectivity index (χ3v) is 3.01. The van der Waals surface area contributed by atoms with Gasteiger partial charge < -0.3 is 0 Å². The van der Waals surface area contributed by atoms with Crippen LogP contribution in [-0.4, -0.2) is 11.1 Å². The zero-order valence-electron chi connectivity index (χ0n) is 10.8. The fourth-order valence-electron chi connectivity index (χ4n) is 1.74. The van der Waals surface area contributed by atoms with Crippen molar-refractivity contribution >= 4 is 17.6 Å². The highest BCUT2D eigenvalue weighted by atomic mass is 16.6. The van der Waals surface area contributed by atoms with Crippen LogP contribution in [0.1, 0.15) is 16.7 Å². The molecule has 0 bridgehead atoms. The molecule has 0 aromatic heterocycles. The van der Waals surface area contributed by atoms with Crippen LogP contribution in [0.5, 0.6) is 0 Å². The Hall–Kier alpha value is -2.49. The summed E-state index contributed by atoms with van der Waals surface area (Å²) >= 11 is 0. The largest absolute Gasteiger partial charge is 0.270 e. The van der Waals surface area contributed by atoms with Crippen molar-refractivity contribution < 1.29 is 4.92 Å². The van der Waals surface area contributed by atoms with Gasteiger partial charge in [0.05, 0.1) is 10.6 Å². The Morgan fingerprint density at radius 3 is 2.63 bits per heavy atom. The van der Waals surface area contributed by atoms with Crippen LogP contribution in [0, 0.1) is 24.0 Å². The molecule has 2 rings (SSSR count). The molecule has 19 heavy (non-hydrogen) atoms. The molecule has 0 amide bonds. The first-order valence-corrected chi connectivity index (χ1v) is 5.92. The molecule has 0 saturated heterocycles. The molecule has 0 fully saturated rings. The number of hydrogen-bond acceptors (Lipinski definition) is 3. The van der Waals surface area contributed by atoms with Crippen LogP contribution in [0.2, 0.25) is 0 Å². The number of nitro benzene ring substituents is 1. The molecule has 0 atom stereocenters. The van der Waals surface area contributed by atoms with Gasteiger partial charge in [0.2, 0.25) is 0 Å². The molecule has 0 heterocycles. The monoisotopic (exact) mass is 254 g/mol. The second-order valence-electron chi connectivity index (χ2n) is 4.33. The fraction of sp³-hybridized carbons (Fsp3) is 0.133. The molecule has 0 unspecified atom stereocenters. The second-order valence-corrected chi connectivity index (χ2v) is 4.33. The van der Waals surface area contributed by atoms with E-state index in [1.54, 1.807) is 18.3 Å². The number of non-ortho nitro benzene ring substituents is 1. The van der Waals surface area contributed by atoms with E-state index in [9.17, 15) is 10.1 Å². The SMILES string of the molecule is Cc1cccc(N=Cc2cccc([N+](=O)[O-])c2)c1C. The smallest absolute Gasteiger partial charge is 0.258 e. The van der Waals surface area contributed by atoms with Crippen LogP contribution in [-0.2, 0) is 0 Å². The Kier molecular flexibility index (Phi) is 3.71. The van der Waals surface area contributed by atoms with E-state index in [1.807, 2.05) is 32.0 Å². The maximum atomic E-state index is 10.7. The fourth-order valence-corrected chi connectivity index (χ4v) is 1.74. The topological polar surface area (TPSA) is 55.5 Å². The average Bonchev–Trinajstić information content (AvgIpc) is 2.41. The van der Waals surface area contributed by atoms with E-state index >= 15 is 0 Å². The van der Waals surface area contributed by atoms with E-state index in [4.69, 9.17) is 0 Å². The van der Waals surface area contributed by atoms with E-state index in [-0.39, 0.29) is 5.69 Å². The van der Waals surface area contributed by atoms with Crippen molar-refractivity contribution in [2.75, 3.05) is 0 Å². The molecule has 0 saturated carbocycles. The Morgan fingerprint density at radius 1 is 1.16 bits per heavy atom. The molecular formula is C15H14N2O2. The van der Waals surface area contributed by atoms with Crippen LogP contribution in [0.15, 0.2) is 47.5 Å². The molecular weight excluding hydrogens is 240 g/mol. The highest BCUT2D eigenvalue weighted by Gasteiger charge is 2.04. The van der Waals surface area contributed by atoms with Crippen LogP contribution in [0.4, 0.5) is 11.4 Å². The second kappa shape index (κ2) is 5.44. The van der Waals surface area contributed by atoms with Gasteiger partial charge in [0.15, 0.2) is 0 Å². The van der Waals surface area contributed by atoms with Crippen molar-refractivity contribution in [3.8, 4) is 0 Å². The Morgan fingerprint density at radius 2 is 1.89 bits per heavy atom. The Labute approximate surface area is 111 Å². The van der Waals surface area contributed by atoms with E-state index in [0.717, 1.165) is 16.8 Å². The summed E-state index contributed by atoms with van der Waals surface area (Å²) in [4.78, 5) is 14.7. The zero-order valence-corrected chi connectivity index (χ0v) is 10.8. The van der Waals surface area contributed by atoms with Crippen molar-refractivity contribution in [3.63, 3.8) is 0 Å². The summed E-state index contributed by atoms with van der Waals surface area (Å²) in [5, 5.41) is 10.7. The summed E-state index contributed by atoms with van der Waals surface area (Å²) in [6.07, 6.45) is 1.65.